The molecule has 0 aromatic heterocycles. The van der Waals surface area contributed by atoms with Crippen molar-refractivity contribution in [2.24, 2.45) is 0 Å². The zero-order valence-corrected chi connectivity index (χ0v) is 14.5. The fourth-order valence-electron chi connectivity index (χ4n) is 1.41. The van der Waals surface area contributed by atoms with Crippen LogP contribution < -0.4 is 4.43 Å². The van der Waals surface area contributed by atoms with Crippen molar-refractivity contribution in [2.75, 3.05) is 0 Å². The van der Waals surface area contributed by atoms with E-state index in [0.29, 0.717) is 0 Å². The van der Waals surface area contributed by atoms with Gasteiger partial charge in [-0.2, -0.15) is 0 Å². The van der Waals surface area contributed by atoms with E-state index in [4.69, 9.17) is 4.43 Å². The van der Waals surface area contributed by atoms with Crippen LogP contribution in [0, 0.1) is 13.8 Å². The summed E-state index contributed by atoms with van der Waals surface area (Å²) >= 11 is 3.59. The van der Waals surface area contributed by atoms with Crippen LogP contribution in [-0.2, 0) is 0 Å². The summed E-state index contributed by atoms with van der Waals surface area (Å²) in [6.45, 7) is 15.6. The van der Waals surface area contributed by atoms with Gasteiger partial charge in [0.2, 0.25) is 8.32 Å². The molecule has 0 aliphatic rings. The van der Waals surface area contributed by atoms with E-state index >= 15 is 0 Å². The third-order valence-electron chi connectivity index (χ3n) is 3.59. The Hall–Kier alpha value is -0.283. The first-order chi connectivity index (χ1) is 7.54. The van der Waals surface area contributed by atoms with Gasteiger partial charge in [0.15, 0.2) is 0 Å². The number of aryl methyl sites for hydroxylation is 2. The van der Waals surface area contributed by atoms with Gasteiger partial charge in [0.05, 0.1) is 0 Å². The molecule has 0 radical (unpaired) electrons. The van der Waals surface area contributed by atoms with Crippen LogP contribution in [0.3, 0.4) is 0 Å². The molecule has 0 fully saturated rings. The molecule has 0 saturated carbocycles. The lowest BCUT2D eigenvalue weighted by atomic mass is 10.1. The second-order valence-corrected chi connectivity index (χ2v) is 11.8. The van der Waals surface area contributed by atoms with E-state index in [9.17, 15) is 0 Å². The summed E-state index contributed by atoms with van der Waals surface area (Å²) in [5, 5.41) is 0.238. The van der Waals surface area contributed by atoms with Crippen molar-refractivity contribution < 1.29 is 4.43 Å². The molecule has 96 valence electrons. The topological polar surface area (TPSA) is 9.23 Å². The van der Waals surface area contributed by atoms with Gasteiger partial charge >= 0.3 is 0 Å². The van der Waals surface area contributed by atoms with Crippen LogP contribution in [0.1, 0.15) is 31.9 Å². The standard InChI is InChI=1S/C14H23BrOSi/c1-10-8-12(9-11(2)13(10)15)16-17(6,7)14(3,4)5/h8-9H,1-7H3. The largest absolute Gasteiger partial charge is 0.543 e. The van der Waals surface area contributed by atoms with Crippen molar-refractivity contribution >= 4 is 24.2 Å². The van der Waals surface area contributed by atoms with Gasteiger partial charge < -0.3 is 4.43 Å². The predicted octanol–water partition coefficient (Wildman–Crippen LogP) is 5.45. The van der Waals surface area contributed by atoms with E-state index in [1.54, 1.807) is 0 Å². The number of rotatable bonds is 2. The molecule has 1 rings (SSSR count). The van der Waals surface area contributed by atoms with E-state index in [0.717, 1.165) is 5.75 Å². The van der Waals surface area contributed by atoms with Gasteiger partial charge in [0.1, 0.15) is 5.75 Å². The normalized spacial score (nSPS) is 12.7. The molecule has 0 saturated heterocycles. The number of benzene rings is 1. The molecular weight excluding hydrogens is 292 g/mol. The van der Waals surface area contributed by atoms with Crippen LogP contribution in [0.15, 0.2) is 16.6 Å². The summed E-state index contributed by atoms with van der Waals surface area (Å²) in [7, 11) is -1.72. The van der Waals surface area contributed by atoms with Crippen LogP contribution in [0.25, 0.3) is 0 Å². The van der Waals surface area contributed by atoms with Gasteiger partial charge in [-0.25, -0.2) is 0 Å². The molecule has 0 amide bonds. The Balaban J connectivity index is 3.05. The van der Waals surface area contributed by atoms with Gasteiger partial charge in [0, 0.05) is 4.47 Å². The van der Waals surface area contributed by atoms with Crippen LogP contribution >= 0.6 is 15.9 Å². The van der Waals surface area contributed by atoms with Gasteiger partial charge in [-0.15, -0.1) is 0 Å². The maximum absolute atomic E-state index is 6.30. The average molecular weight is 315 g/mol. The molecule has 1 aromatic rings. The van der Waals surface area contributed by atoms with E-state index in [2.05, 4.69) is 75.8 Å². The Kier molecular flexibility index (Phi) is 4.15. The quantitative estimate of drug-likeness (QED) is 0.659. The molecule has 0 aliphatic heterocycles. The highest BCUT2D eigenvalue weighted by atomic mass is 79.9. The second-order valence-electron chi connectivity index (χ2n) is 6.23. The molecule has 0 bridgehead atoms. The van der Waals surface area contributed by atoms with E-state index < -0.39 is 8.32 Å². The Bertz CT molecular complexity index is 396. The number of hydrogen-bond donors (Lipinski definition) is 0. The lowest BCUT2D eigenvalue weighted by Crippen LogP contribution is -2.43. The molecule has 0 aliphatic carbocycles. The minimum absolute atomic E-state index is 0.238. The van der Waals surface area contributed by atoms with Crippen molar-refractivity contribution in [2.45, 2.75) is 52.8 Å². The summed E-state index contributed by atoms with van der Waals surface area (Å²) in [5.74, 6) is 1.01. The number of hydrogen-bond acceptors (Lipinski definition) is 1. The lowest BCUT2D eigenvalue weighted by Gasteiger charge is -2.36. The molecule has 1 nitrogen and oxygen atoms in total. The van der Waals surface area contributed by atoms with Crippen molar-refractivity contribution in [3.63, 3.8) is 0 Å². The summed E-state index contributed by atoms with van der Waals surface area (Å²) < 4.78 is 7.48. The van der Waals surface area contributed by atoms with Crippen molar-refractivity contribution in [1.29, 1.82) is 0 Å². The first kappa shape index (κ1) is 14.8. The highest BCUT2D eigenvalue weighted by Gasteiger charge is 2.39. The fraction of sp³-hybridized carbons (Fsp3) is 0.571. The smallest absolute Gasteiger partial charge is 0.250 e. The average Bonchev–Trinajstić information content (AvgIpc) is 2.11. The fourth-order valence-corrected chi connectivity index (χ4v) is 2.66. The van der Waals surface area contributed by atoms with Crippen LogP contribution in [-0.4, -0.2) is 8.32 Å². The number of halogens is 1. The lowest BCUT2D eigenvalue weighted by molar-refractivity contribution is 0.491. The Morgan fingerprint density at radius 2 is 1.47 bits per heavy atom. The summed E-state index contributed by atoms with van der Waals surface area (Å²) in [6.07, 6.45) is 0. The molecule has 0 atom stereocenters. The van der Waals surface area contributed by atoms with Crippen LogP contribution in [0.5, 0.6) is 5.75 Å². The molecule has 0 unspecified atom stereocenters. The minimum Gasteiger partial charge on any atom is -0.543 e. The highest BCUT2D eigenvalue weighted by Crippen LogP contribution is 2.38. The molecule has 17 heavy (non-hydrogen) atoms. The van der Waals surface area contributed by atoms with Crippen LogP contribution in [0.4, 0.5) is 0 Å². The first-order valence-electron chi connectivity index (χ1n) is 6.00. The molecular formula is C14H23BrOSi. The first-order valence-corrected chi connectivity index (χ1v) is 9.70. The van der Waals surface area contributed by atoms with E-state index in [-0.39, 0.29) is 5.04 Å². The highest BCUT2D eigenvalue weighted by molar-refractivity contribution is 9.10. The maximum atomic E-state index is 6.30. The molecule has 0 heterocycles. The van der Waals surface area contributed by atoms with Crippen molar-refractivity contribution in [1.82, 2.24) is 0 Å². The van der Waals surface area contributed by atoms with Gasteiger partial charge in [-0.1, -0.05) is 36.7 Å². The molecule has 3 heteroatoms. The summed E-state index contributed by atoms with van der Waals surface area (Å²) in [4.78, 5) is 0. The van der Waals surface area contributed by atoms with E-state index in [1.807, 2.05) is 0 Å². The zero-order chi connectivity index (χ0) is 13.4. The molecule has 0 spiro atoms. The minimum atomic E-state index is -1.72. The Morgan fingerprint density at radius 3 is 1.82 bits per heavy atom. The van der Waals surface area contributed by atoms with Gasteiger partial charge in [-0.05, 0) is 55.2 Å². The third-order valence-corrected chi connectivity index (χ3v) is 9.20. The van der Waals surface area contributed by atoms with Crippen molar-refractivity contribution in [3.8, 4) is 5.75 Å². The van der Waals surface area contributed by atoms with Crippen LogP contribution in [0.2, 0.25) is 18.1 Å². The molecule has 0 N–H and O–H groups in total. The molecule has 1 aromatic carbocycles. The monoisotopic (exact) mass is 314 g/mol. The zero-order valence-electron chi connectivity index (χ0n) is 11.9. The third kappa shape index (κ3) is 3.35. The Morgan fingerprint density at radius 1 is 1.06 bits per heavy atom. The summed E-state index contributed by atoms with van der Waals surface area (Å²) in [6, 6.07) is 4.25. The van der Waals surface area contributed by atoms with Gasteiger partial charge in [0.25, 0.3) is 0 Å². The van der Waals surface area contributed by atoms with Gasteiger partial charge in [-0.3, -0.25) is 0 Å². The predicted molar refractivity (Wildman–Crippen MR) is 81.4 cm³/mol. The summed E-state index contributed by atoms with van der Waals surface area (Å²) in [5.41, 5.74) is 2.47. The Labute approximate surface area is 115 Å². The van der Waals surface area contributed by atoms with Crippen molar-refractivity contribution in [3.05, 3.63) is 27.7 Å². The SMILES string of the molecule is Cc1cc(O[Si](C)(C)C(C)(C)C)cc(C)c1Br. The maximum Gasteiger partial charge on any atom is 0.250 e. The second kappa shape index (κ2) is 4.77. The van der Waals surface area contributed by atoms with E-state index in [1.165, 1.54) is 15.6 Å².